The second kappa shape index (κ2) is 2.78. The molecule has 2 heteroatoms. The first kappa shape index (κ1) is 6.49. The van der Waals surface area contributed by atoms with Crippen molar-refractivity contribution in [2.75, 3.05) is 13.1 Å². The molecule has 0 aromatic rings. The molecule has 1 N–H and O–H groups in total. The van der Waals surface area contributed by atoms with E-state index in [4.69, 9.17) is 0 Å². The first-order chi connectivity index (χ1) is 4.34. The van der Waals surface area contributed by atoms with Crippen LogP contribution in [0.2, 0.25) is 0 Å². The van der Waals surface area contributed by atoms with E-state index in [9.17, 15) is 4.79 Å². The number of aldehydes is 1. The van der Waals surface area contributed by atoms with Crippen LogP contribution in [-0.2, 0) is 4.79 Å². The topological polar surface area (TPSA) is 29.1 Å². The molecule has 9 heavy (non-hydrogen) atoms. The van der Waals surface area contributed by atoms with Crippen LogP contribution in [0.4, 0.5) is 0 Å². The van der Waals surface area contributed by atoms with Crippen LogP contribution in [0.15, 0.2) is 12.2 Å². The molecule has 1 atom stereocenters. The maximum absolute atomic E-state index is 10.2. The van der Waals surface area contributed by atoms with Gasteiger partial charge in [-0.15, -0.1) is 0 Å². The second-order valence-electron chi connectivity index (χ2n) is 2.38. The van der Waals surface area contributed by atoms with E-state index in [2.05, 4.69) is 11.9 Å². The standard InChI is InChI=1S/C7H11NO/c1-6(5-9)7-2-3-8-4-7/h5,7-8H,1-4H2. The molecule has 1 saturated heterocycles. The summed E-state index contributed by atoms with van der Waals surface area (Å²) < 4.78 is 0. The van der Waals surface area contributed by atoms with Crippen LogP contribution in [0.1, 0.15) is 6.42 Å². The zero-order chi connectivity index (χ0) is 6.69. The lowest BCUT2D eigenvalue weighted by molar-refractivity contribution is -0.105. The van der Waals surface area contributed by atoms with Crippen molar-refractivity contribution in [3.8, 4) is 0 Å². The maximum atomic E-state index is 10.2. The average Bonchev–Trinajstić information content (AvgIpc) is 2.37. The molecule has 1 heterocycles. The molecule has 0 saturated carbocycles. The quantitative estimate of drug-likeness (QED) is 0.426. The Morgan fingerprint density at radius 1 is 1.78 bits per heavy atom. The van der Waals surface area contributed by atoms with Crippen molar-refractivity contribution in [1.29, 1.82) is 0 Å². The minimum absolute atomic E-state index is 0.405. The highest BCUT2D eigenvalue weighted by Crippen LogP contribution is 2.13. The Morgan fingerprint density at radius 2 is 2.56 bits per heavy atom. The van der Waals surface area contributed by atoms with Gasteiger partial charge in [0, 0.05) is 12.5 Å². The van der Waals surface area contributed by atoms with Gasteiger partial charge in [-0.3, -0.25) is 4.79 Å². The van der Waals surface area contributed by atoms with Gasteiger partial charge in [0.15, 0.2) is 0 Å². The maximum Gasteiger partial charge on any atom is 0.145 e. The zero-order valence-electron chi connectivity index (χ0n) is 5.39. The van der Waals surface area contributed by atoms with E-state index in [1.54, 1.807) is 0 Å². The molecule has 50 valence electrons. The predicted octanol–water partition coefficient (Wildman–Crippen LogP) is 0.351. The van der Waals surface area contributed by atoms with Gasteiger partial charge < -0.3 is 5.32 Å². The zero-order valence-corrected chi connectivity index (χ0v) is 5.39. The normalized spacial score (nSPS) is 26.0. The molecule has 1 aliphatic heterocycles. The molecule has 0 radical (unpaired) electrons. The molecule has 1 unspecified atom stereocenters. The van der Waals surface area contributed by atoms with Crippen molar-refractivity contribution in [3.63, 3.8) is 0 Å². The van der Waals surface area contributed by atoms with E-state index in [1.165, 1.54) is 0 Å². The van der Waals surface area contributed by atoms with Crippen molar-refractivity contribution in [3.05, 3.63) is 12.2 Å². The molecular weight excluding hydrogens is 114 g/mol. The molecule has 0 amide bonds. The van der Waals surface area contributed by atoms with Gasteiger partial charge in [-0.1, -0.05) is 6.58 Å². The number of hydrogen-bond donors (Lipinski definition) is 1. The lowest BCUT2D eigenvalue weighted by atomic mass is 10.0. The highest BCUT2D eigenvalue weighted by Gasteiger charge is 2.16. The predicted molar refractivity (Wildman–Crippen MR) is 36.2 cm³/mol. The Morgan fingerprint density at radius 3 is 3.00 bits per heavy atom. The van der Waals surface area contributed by atoms with Crippen LogP contribution in [0.3, 0.4) is 0 Å². The van der Waals surface area contributed by atoms with Gasteiger partial charge in [0.1, 0.15) is 6.29 Å². The van der Waals surface area contributed by atoms with Gasteiger partial charge in [-0.25, -0.2) is 0 Å². The molecule has 1 aliphatic rings. The van der Waals surface area contributed by atoms with E-state index in [1.807, 2.05) is 0 Å². The third-order valence-electron chi connectivity index (χ3n) is 1.74. The highest BCUT2D eigenvalue weighted by atomic mass is 16.1. The van der Waals surface area contributed by atoms with Crippen molar-refractivity contribution in [2.45, 2.75) is 6.42 Å². The third kappa shape index (κ3) is 1.39. The summed E-state index contributed by atoms with van der Waals surface area (Å²) in [6, 6.07) is 0. The highest BCUT2D eigenvalue weighted by molar-refractivity contribution is 5.72. The second-order valence-corrected chi connectivity index (χ2v) is 2.38. The fraction of sp³-hybridized carbons (Fsp3) is 0.571. The Kier molecular flexibility index (Phi) is 2.01. The van der Waals surface area contributed by atoms with Gasteiger partial charge in [-0.05, 0) is 18.5 Å². The molecular formula is C7H11NO. The van der Waals surface area contributed by atoms with Crippen LogP contribution < -0.4 is 5.32 Å². The van der Waals surface area contributed by atoms with Crippen LogP contribution in [0.25, 0.3) is 0 Å². The molecule has 1 rings (SSSR count). The van der Waals surface area contributed by atoms with Gasteiger partial charge >= 0.3 is 0 Å². The van der Waals surface area contributed by atoms with Gasteiger partial charge in [0.25, 0.3) is 0 Å². The molecule has 1 fully saturated rings. The summed E-state index contributed by atoms with van der Waals surface area (Å²) in [5.74, 6) is 0.405. The van der Waals surface area contributed by atoms with E-state index < -0.39 is 0 Å². The Hall–Kier alpha value is -0.630. The minimum Gasteiger partial charge on any atom is -0.316 e. The summed E-state index contributed by atoms with van der Waals surface area (Å²) in [5, 5.41) is 3.17. The van der Waals surface area contributed by atoms with Gasteiger partial charge in [-0.2, -0.15) is 0 Å². The Balaban J connectivity index is 2.41. The number of nitrogens with one attached hydrogen (secondary N) is 1. The fourth-order valence-corrected chi connectivity index (χ4v) is 1.07. The fourth-order valence-electron chi connectivity index (χ4n) is 1.07. The summed E-state index contributed by atoms with van der Waals surface area (Å²) in [6.07, 6.45) is 1.93. The summed E-state index contributed by atoms with van der Waals surface area (Å²) in [7, 11) is 0. The molecule has 2 nitrogen and oxygen atoms in total. The molecule has 0 aromatic heterocycles. The third-order valence-corrected chi connectivity index (χ3v) is 1.74. The number of rotatable bonds is 2. The molecule has 0 spiro atoms. The van der Waals surface area contributed by atoms with E-state index >= 15 is 0 Å². The lowest BCUT2D eigenvalue weighted by Gasteiger charge is -2.02. The molecule has 0 aromatic carbocycles. The van der Waals surface area contributed by atoms with E-state index in [0.29, 0.717) is 5.92 Å². The van der Waals surface area contributed by atoms with Gasteiger partial charge in [0.2, 0.25) is 0 Å². The number of carbonyl (C=O) groups excluding carboxylic acids is 1. The first-order valence-corrected chi connectivity index (χ1v) is 3.19. The van der Waals surface area contributed by atoms with Gasteiger partial charge in [0.05, 0.1) is 0 Å². The molecule has 0 bridgehead atoms. The van der Waals surface area contributed by atoms with Crippen LogP contribution in [-0.4, -0.2) is 19.4 Å². The number of hydrogen-bond acceptors (Lipinski definition) is 2. The lowest BCUT2D eigenvalue weighted by Crippen LogP contribution is -2.10. The molecule has 0 aliphatic carbocycles. The Labute approximate surface area is 54.9 Å². The van der Waals surface area contributed by atoms with Crippen molar-refractivity contribution in [1.82, 2.24) is 5.32 Å². The van der Waals surface area contributed by atoms with Crippen molar-refractivity contribution >= 4 is 6.29 Å². The summed E-state index contributed by atoms with van der Waals surface area (Å²) >= 11 is 0. The largest absolute Gasteiger partial charge is 0.316 e. The van der Waals surface area contributed by atoms with E-state index in [-0.39, 0.29) is 0 Å². The minimum atomic E-state index is 0.405. The SMILES string of the molecule is C=C(C=O)C1CCNC1. The Bertz CT molecular complexity index is 125. The summed E-state index contributed by atoms with van der Waals surface area (Å²) in [6.45, 7) is 5.60. The number of carbonyl (C=O) groups is 1. The smallest absolute Gasteiger partial charge is 0.145 e. The van der Waals surface area contributed by atoms with E-state index in [0.717, 1.165) is 31.4 Å². The van der Waals surface area contributed by atoms with Crippen molar-refractivity contribution < 1.29 is 4.79 Å². The summed E-state index contributed by atoms with van der Waals surface area (Å²) in [5.41, 5.74) is 0.736. The first-order valence-electron chi connectivity index (χ1n) is 3.19. The van der Waals surface area contributed by atoms with Crippen LogP contribution in [0, 0.1) is 5.92 Å². The monoisotopic (exact) mass is 125 g/mol. The average molecular weight is 125 g/mol. The van der Waals surface area contributed by atoms with Crippen LogP contribution >= 0.6 is 0 Å². The summed E-state index contributed by atoms with van der Waals surface area (Å²) in [4.78, 5) is 10.2. The van der Waals surface area contributed by atoms with Crippen molar-refractivity contribution in [2.24, 2.45) is 5.92 Å². The van der Waals surface area contributed by atoms with Crippen LogP contribution in [0.5, 0.6) is 0 Å².